The van der Waals surface area contributed by atoms with Crippen molar-refractivity contribution in [3.05, 3.63) is 82.1 Å². The van der Waals surface area contributed by atoms with Crippen LogP contribution in [-0.4, -0.2) is 16.0 Å². The molecule has 3 rings (SSSR count). The Hall–Kier alpha value is -2.57. The second-order valence-electron chi connectivity index (χ2n) is 4.85. The third-order valence-corrected chi connectivity index (χ3v) is 4.24. The zero-order valence-corrected chi connectivity index (χ0v) is 12.8. The molecule has 2 aromatic heterocycles. The average molecular weight is 328 g/mol. The maximum absolute atomic E-state index is 13.5. The number of thiophene rings is 1. The van der Waals surface area contributed by atoms with Gasteiger partial charge in [-0.3, -0.25) is 9.78 Å². The number of aliphatic hydroxyl groups is 1. The van der Waals surface area contributed by atoms with E-state index in [2.05, 4.69) is 10.3 Å². The van der Waals surface area contributed by atoms with E-state index in [9.17, 15) is 14.3 Å². The maximum Gasteiger partial charge on any atom is 0.258 e. The van der Waals surface area contributed by atoms with Crippen molar-refractivity contribution < 1.29 is 14.3 Å². The molecular formula is C17H13FN2O2S. The molecule has 4 nitrogen and oxygen atoms in total. The third-order valence-electron chi connectivity index (χ3n) is 3.31. The largest absolute Gasteiger partial charge is 0.383 e. The number of carbonyl (C=O) groups excluding carboxylic acids is 1. The highest BCUT2D eigenvalue weighted by Crippen LogP contribution is 2.26. The molecule has 6 heteroatoms. The van der Waals surface area contributed by atoms with E-state index < -0.39 is 17.8 Å². The lowest BCUT2D eigenvalue weighted by molar-refractivity contribution is 0.102. The number of aliphatic hydroxyl groups excluding tert-OH is 1. The molecule has 116 valence electrons. The van der Waals surface area contributed by atoms with Crippen LogP contribution >= 0.6 is 11.3 Å². The predicted octanol–water partition coefficient (Wildman–Crippen LogP) is 3.62. The molecule has 0 saturated heterocycles. The highest BCUT2D eigenvalue weighted by Gasteiger charge is 2.13. The normalized spacial score (nSPS) is 11.9. The maximum atomic E-state index is 13.5. The standard InChI is InChI=1S/C17H13FN2O2S/c18-14-10-19-8-7-13(14)17(22)20-12-5-3-11(4-6-12)16(21)15-2-1-9-23-15/h1-10,16,21H,(H,20,22). The summed E-state index contributed by atoms with van der Waals surface area (Å²) in [6, 6.07) is 11.8. The first-order chi connectivity index (χ1) is 11.1. The minimum absolute atomic E-state index is 0.0669. The van der Waals surface area contributed by atoms with Crippen LogP contribution in [0.3, 0.4) is 0 Å². The lowest BCUT2D eigenvalue weighted by atomic mass is 10.1. The van der Waals surface area contributed by atoms with Gasteiger partial charge in [0.15, 0.2) is 5.82 Å². The molecular weight excluding hydrogens is 315 g/mol. The van der Waals surface area contributed by atoms with Gasteiger partial charge in [-0.25, -0.2) is 4.39 Å². The van der Waals surface area contributed by atoms with Crippen LogP contribution in [0.2, 0.25) is 0 Å². The molecule has 2 N–H and O–H groups in total. The summed E-state index contributed by atoms with van der Waals surface area (Å²) in [5, 5.41) is 14.7. The molecule has 1 atom stereocenters. The van der Waals surface area contributed by atoms with Gasteiger partial charge in [0.1, 0.15) is 6.10 Å². The van der Waals surface area contributed by atoms with Gasteiger partial charge in [0.2, 0.25) is 0 Å². The second-order valence-corrected chi connectivity index (χ2v) is 5.83. The fraction of sp³-hybridized carbons (Fsp3) is 0.0588. The number of nitrogens with one attached hydrogen (secondary N) is 1. The van der Waals surface area contributed by atoms with Gasteiger partial charge in [0, 0.05) is 16.8 Å². The Morgan fingerprint density at radius 3 is 2.65 bits per heavy atom. The van der Waals surface area contributed by atoms with Gasteiger partial charge in [0.05, 0.1) is 11.8 Å². The predicted molar refractivity (Wildman–Crippen MR) is 87.0 cm³/mol. The lowest BCUT2D eigenvalue weighted by Gasteiger charge is -2.10. The molecule has 0 aliphatic carbocycles. The molecule has 0 spiro atoms. The van der Waals surface area contributed by atoms with Crippen LogP contribution in [0, 0.1) is 5.82 Å². The quantitative estimate of drug-likeness (QED) is 0.769. The van der Waals surface area contributed by atoms with E-state index in [1.807, 2.05) is 17.5 Å². The van der Waals surface area contributed by atoms with E-state index in [1.165, 1.54) is 23.6 Å². The average Bonchev–Trinajstić information content (AvgIpc) is 3.09. The van der Waals surface area contributed by atoms with Gasteiger partial charge in [-0.1, -0.05) is 18.2 Å². The van der Waals surface area contributed by atoms with E-state index >= 15 is 0 Å². The number of rotatable bonds is 4. The Bertz CT molecular complexity index is 804. The van der Waals surface area contributed by atoms with Crippen molar-refractivity contribution in [2.75, 3.05) is 5.32 Å². The van der Waals surface area contributed by atoms with Gasteiger partial charge in [-0.05, 0) is 35.2 Å². The van der Waals surface area contributed by atoms with Gasteiger partial charge in [0.25, 0.3) is 5.91 Å². The Kier molecular flexibility index (Phi) is 4.45. The third kappa shape index (κ3) is 3.44. The summed E-state index contributed by atoms with van der Waals surface area (Å²) in [6.07, 6.45) is 1.66. The van der Waals surface area contributed by atoms with Crippen LogP contribution < -0.4 is 5.32 Å². The van der Waals surface area contributed by atoms with E-state index in [-0.39, 0.29) is 5.56 Å². The second kappa shape index (κ2) is 6.68. The molecule has 1 amide bonds. The molecule has 23 heavy (non-hydrogen) atoms. The van der Waals surface area contributed by atoms with Crippen molar-refractivity contribution in [1.29, 1.82) is 0 Å². The minimum Gasteiger partial charge on any atom is -0.383 e. The van der Waals surface area contributed by atoms with Crippen molar-refractivity contribution >= 4 is 22.9 Å². The van der Waals surface area contributed by atoms with Gasteiger partial charge in [-0.15, -0.1) is 11.3 Å². The summed E-state index contributed by atoms with van der Waals surface area (Å²) >= 11 is 1.47. The number of pyridine rings is 1. The minimum atomic E-state index is -0.697. The lowest BCUT2D eigenvalue weighted by Crippen LogP contribution is -2.14. The monoisotopic (exact) mass is 328 g/mol. The number of nitrogens with zero attached hydrogens (tertiary/aromatic N) is 1. The fourth-order valence-electron chi connectivity index (χ4n) is 2.12. The molecule has 1 aromatic carbocycles. The van der Waals surface area contributed by atoms with Crippen molar-refractivity contribution in [3.8, 4) is 0 Å². The van der Waals surface area contributed by atoms with Crippen molar-refractivity contribution in [3.63, 3.8) is 0 Å². The van der Waals surface area contributed by atoms with Crippen molar-refractivity contribution in [1.82, 2.24) is 4.98 Å². The van der Waals surface area contributed by atoms with Crippen molar-refractivity contribution in [2.45, 2.75) is 6.10 Å². The summed E-state index contributed by atoms with van der Waals surface area (Å²) in [4.78, 5) is 16.5. The Balaban J connectivity index is 1.73. The number of hydrogen-bond donors (Lipinski definition) is 2. The highest BCUT2D eigenvalue weighted by atomic mass is 32.1. The molecule has 0 aliphatic heterocycles. The number of anilines is 1. The number of amides is 1. The Morgan fingerprint density at radius 1 is 1.22 bits per heavy atom. The fourth-order valence-corrected chi connectivity index (χ4v) is 2.85. The summed E-state index contributed by atoms with van der Waals surface area (Å²) in [7, 11) is 0. The zero-order valence-electron chi connectivity index (χ0n) is 11.9. The topological polar surface area (TPSA) is 62.2 Å². The van der Waals surface area contributed by atoms with Crippen LogP contribution in [0.1, 0.15) is 26.9 Å². The molecule has 0 aliphatic rings. The van der Waals surface area contributed by atoms with E-state index in [1.54, 1.807) is 24.3 Å². The molecule has 0 fully saturated rings. The van der Waals surface area contributed by atoms with Crippen LogP contribution in [0.4, 0.5) is 10.1 Å². The number of aromatic nitrogens is 1. The molecule has 0 bridgehead atoms. The molecule has 2 heterocycles. The van der Waals surface area contributed by atoms with Crippen LogP contribution in [-0.2, 0) is 0 Å². The number of carbonyl (C=O) groups is 1. The number of hydrogen-bond acceptors (Lipinski definition) is 4. The van der Waals surface area contributed by atoms with Crippen LogP contribution in [0.15, 0.2) is 60.2 Å². The highest BCUT2D eigenvalue weighted by molar-refractivity contribution is 7.10. The number of benzene rings is 1. The van der Waals surface area contributed by atoms with Gasteiger partial charge < -0.3 is 10.4 Å². The molecule has 1 unspecified atom stereocenters. The summed E-state index contributed by atoms with van der Waals surface area (Å²) in [5.41, 5.74) is 1.18. The summed E-state index contributed by atoms with van der Waals surface area (Å²) < 4.78 is 13.5. The summed E-state index contributed by atoms with van der Waals surface area (Å²) in [6.45, 7) is 0. The Labute approximate surface area is 136 Å². The van der Waals surface area contributed by atoms with Crippen LogP contribution in [0.25, 0.3) is 0 Å². The molecule has 3 aromatic rings. The Morgan fingerprint density at radius 2 is 2.00 bits per heavy atom. The van der Waals surface area contributed by atoms with Gasteiger partial charge in [-0.2, -0.15) is 0 Å². The van der Waals surface area contributed by atoms with E-state index in [0.717, 1.165) is 16.6 Å². The smallest absolute Gasteiger partial charge is 0.258 e. The first-order valence-electron chi connectivity index (χ1n) is 6.87. The van der Waals surface area contributed by atoms with E-state index in [0.29, 0.717) is 5.69 Å². The van der Waals surface area contributed by atoms with E-state index in [4.69, 9.17) is 0 Å². The molecule has 0 saturated carbocycles. The zero-order chi connectivity index (χ0) is 16.2. The molecule has 0 radical (unpaired) electrons. The SMILES string of the molecule is O=C(Nc1ccc(C(O)c2cccs2)cc1)c1ccncc1F. The first kappa shape index (κ1) is 15.3. The van der Waals surface area contributed by atoms with Gasteiger partial charge >= 0.3 is 0 Å². The first-order valence-corrected chi connectivity index (χ1v) is 7.75. The van der Waals surface area contributed by atoms with Crippen molar-refractivity contribution in [2.24, 2.45) is 0 Å². The number of halogens is 1. The van der Waals surface area contributed by atoms with Crippen LogP contribution in [0.5, 0.6) is 0 Å². The summed E-state index contributed by atoms with van der Waals surface area (Å²) in [5.74, 6) is -1.22.